The lowest BCUT2D eigenvalue weighted by Crippen LogP contribution is -2.31. The molecule has 1 rings (SSSR count). The van der Waals surface area contributed by atoms with Crippen molar-refractivity contribution < 1.29 is 4.43 Å². The Morgan fingerprint density at radius 2 is 2.23 bits per heavy atom. The van der Waals surface area contributed by atoms with Crippen molar-refractivity contribution in [3.8, 4) is 0 Å². The van der Waals surface area contributed by atoms with Crippen LogP contribution in [0.1, 0.15) is 12.7 Å². The fourth-order valence-corrected chi connectivity index (χ4v) is 2.53. The zero-order chi connectivity index (χ0) is 9.90. The molecule has 0 bridgehead atoms. The largest absolute Gasteiger partial charge is 0.415 e. The van der Waals surface area contributed by atoms with Gasteiger partial charge in [-0.05, 0) is 26.6 Å². The number of hydrogen-bond donors (Lipinski definition) is 1. The summed E-state index contributed by atoms with van der Waals surface area (Å²) in [6.07, 6.45) is 2.59. The fraction of sp³-hybridized carbons (Fsp3) is 0.750. The van der Waals surface area contributed by atoms with Crippen molar-refractivity contribution in [1.82, 2.24) is 15.2 Å². The maximum Gasteiger partial charge on any atom is 0.184 e. The van der Waals surface area contributed by atoms with Gasteiger partial charge in [0.15, 0.2) is 14.1 Å². The molecule has 0 saturated heterocycles. The fourth-order valence-electron chi connectivity index (χ4n) is 1.24. The summed E-state index contributed by atoms with van der Waals surface area (Å²) < 4.78 is 5.86. The third-order valence-corrected chi connectivity index (χ3v) is 2.60. The van der Waals surface area contributed by atoms with Crippen LogP contribution in [-0.2, 0) is 10.8 Å². The van der Waals surface area contributed by atoms with Crippen molar-refractivity contribution in [2.45, 2.75) is 39.1 Å². The number of aromatic amines is 1. The minimum Gasteiger partial charge on any atom is -0.415 e. The van der Waals surface area contributed by atoms with Crippen molar-refractivity contribution >= 4 is 8.32 Å². The first-order valence-electron chi connectivity index (χ1n) is 4.50. The van der Waals surface area contributed by atoms with Crippen LogP contribution >= 0.6 is 0 Å². The van der Waals surface area contributed by atoms with Crippen LogP contribution in [0.25, 0.3) is 0 Å². The van der Waals surface area contributed by atoms with Crippen molar-refractivity contribution in [1.29, 1.82) is 0 Å². The lowest BCUT2D eigenvalue weighted by molar-refractivity contribution is 0.212. The van der Waals surface area contributed by atoms with E-state index in [-0.39, 0.29) is 6.10 Å². The molecule has 0 radical (unpaired) electrons. The molecule has 1 aromatic heterocycles. The Hall–Kier alpha value is -0.683. The number of nitrogens with zero attached hydrogens (tertiary/aromatic N) is 2. The highest BCUT2D eigenvalue weighted by atomic mass is 28.4. The van der Waals surface area contributed by atoms with E-state index in [2.05, 4.69) is 41.7 Å². The molecule has 0 amide bonds. The zero-order valence-corrected chi connectivity index (χ0v) is 9.66. The highest BCUT2D eigenvalue weighted by molar-refractivity contribution is 6.69. The number of nitrogens with one attached hydrogen (secondary N) is 1. The second-order valence-corrected chi connectivity index (χ2v) is 8.62. The van der Waals surface area contributed by atoms with E-state index in [1.807, 2.05) is 0 Å². The van der Waals surface area contributed by atoms with Crippen LogP contribution in [0.5, 0.6) is 0 Å². The lowest BCUT2D eigenvalue weighted by Gasteiger charge is -2.22. The van der Waals surface area contributed by atoms with Crippen LogP contribution in [0.3, 0.4) is 0 Å². The van der Waals surface area contributed by atoms with Gasteiger partial charge in [-0.25, -0.2) is 4.98 Å². The molecule has 0 spiro atoms. The standard InChI is InChI=1S/C8H17N3OSi/c1-7(12-13(2,3)4)5-8-9-6-10-11-8/h6-7H,5H2,1-4H3,(H,9,10,11). The van der Waals surface area contributed by atoms with E-state index in [0.717, 1.165) is 12.2 Å². The molecule has 1 N–H and O–H groups in total. The van der Waals surface area contributed by atoms with Crippen LogP contribution in [0.4, 0.5) is 0 Å². The summed E-state index contributed by atoms with van der Waals surface area (Å²) in [5.74, 6) is 0.825. The number of rotatable bonds is 4. The van der Waals surface area contributed by atoms with E-state index in [9.17, 15) is 0 Å². The van der Waals surface area contributed by atoms with Crippen LogP contribution < -0.4 is 0 Å². The average Bonchev–Trinajstić information content (AvgIpc) is 2.34. The zero-order valence-electron chi connectivity index (χ0n) is 8.66. The number of aromatic nitrogens is 3. The molecule has 0 aliphatic rings. The highest BCUT2D eigenvalue weighted by Crippen LogP contribution is 2.09. The summed E-state index contributed by atoms with van der Waals surface area (Å²) in [6, 6.07) is 0. The lowest BCUT2D eigenvalue weighted by atomic mass is 10.3. The van der Waals surface area contributed by atoms with Crippen molar-refractivity contribution in [3.05, 3.63) is 12.2 Å². The van der Waals surface area contributed by atoms with Crippen molar-refractivity contribution in [2.24, 2.45) is 0 Å². The summed E-state index contributed by atoms with van der Waals surface area (Å²) in [4.78, 5) is 4.05. The van der Waals surface area contributed by atoms with E-state index in [1.54, 1.807) is 6.33 Å². The first kappa shape index (κ1) is 10.4. The molecule has 0 aliphatic heterocycles. The maximum atomic E-state index is 5.86. The van der Waals surface area contributed by atoms with Crippen LogP contribution in [-0.4, -0.2) is 29.6 Å². The van der Waals surface area contributed by atoms with Crippen LogP contribution in [0.15, 0.2) is 6.33 Å². The molecule has 4 nitrogen and oxygen atoms in total. The third-order valence-electron chi connectivity index (χ3n) is 1.49. The van der Waals surface area contributed by atoms with Gasteiger partial charge in [0.05, 0.1) is 0 Å². The van der Waals surface area contributed by atoms with Gasteiger partial charge in [0, 0.05) is 12.5 Å². The van der Waals surface area contributed by atoms with Gasteiger partial charge >= 0.3 is 0 Å². The Kier molecular flexibility index (Phi) is 3.21. The molecule has 5 heteroatoms. The maximum absolute atomic E-state index is 5.86. The molecule has 1 unspecified atom stereocenters. The van der Waals surface area contributed by atoms with Gasteiger partial charge < -0.3 is 4.43 Å². The SMILES string of the molecule is CC(Cc1nc[nH]n1)O[Si](C)(C)C. The van der Waals surface area contributed by atoms with Crippen molar-refractivity contribution in [3.63, 3.8) is 0 Å². The molecular weight excluding hydrogens is 182 g/mol. The Balaban J connectivity index is 2.38. The summed E-state index contributed by atoms with van der Waals surface area (Å²) in [6.45, 7) is 8.61. The number of H-pyrrole nitrogens is 1. The van der Waals surface area contributed by atoms with Gasteiger partial charge in [0.1, 0.15) is 6.33 Å². The smallest absolute Gasteiger partial charge is 0.184 e. The molecule has 0 saturated carbocycles. The van der Waals surface area contributed by atoms with Gasteiger partial charge in [-0.2, -0.15) is 5.10 Å². The monoisotopic (exact) mass is 199 g/mol. The predicted octanol–water partition coefficient (Wildman–Crippen LogP) is 1.59. The van der Waals surface area contributed by atoms with Gasteiger partial charge in [-0.1, -0.05) is 0 Å². The Bertz CT molecular complexity index is 242. The van der Waals surface area contributed by atoms with E-state index < -0.39 is 8.32 Å². The summed E-state index contributed by atoms with van der Waals surface area (Å²) in [5, 5.41) is 6.68. The quantitative estimate of drug-likeness (QED) is 0.749. The minimum atomic E-state index is -1.42. The summed E-state index contributed by atoms with van der Waals surface area (Å²) >= 11 is 0. The van der Waals surface area contributed by atoms with E-state index in [4.69, 9.17) is 4.43 Å². The first-order valence-corrected chi connectivity index (χ1v) is 7.90. The summed E-state index contributed by atoms with van der Waals surface area (Å²) in [5.41, 5.74) is 0. The van der Waals surface area contributed by atoms with E-state index >= 15 is 0 Å². The molecule has 0 aromatic carbocycles. The van der Waals surface area contributed by atoms with Gasteiger partial charge in [-0.3, -0.25) is 5.10 Å². The Labute approximate surface area is 79.9 Å². The third kappa shape index (κ3) is 4.19. The predicted molar refractivity (Wildman–Crippen MR) is 54.0 cm³/mol. The molecule has 1 aromatic rings. The van der Waals surface area contributed by atoms with E-state index in [1.165, 1.54) is 0 Å². The van der Waals surface area contributed by atoms with Crippen LogP contribution in [0, 0.1) is 0 Å². The second-order valence-electron chi connectivity index (χ2n) is 4.16. The molecule has 74 valence electrons. The molecule has 0 aliphatic carbocycles. The second kappa shape index (κ2) is 4.02. The normalized spacial score (nSPS) is 14.5. The molecule has 0 fully saturated rings. The molecule has 1 heterocycles. The average molecular weight is 199 g/mol. The molecule has 13 heavy (non-hydrogen) atoms. The van der Waals surface area contributed by atoms with Gasteiger partial charge in [-0.15, -0.1) is 0 Å². The van der Waals surface area contributed by atoms with Crippen LogP contribution in [0.2, 0.25) is 19.6 Å². The molecule has 1 atom stereocenters. The first-order chi connectivity index (χ1) is 5.97. The minimum absolute atomic E-state index is 0.211. The highest BCUT2D eigenvalue weighted by Gasteiger charge is 2.18. The van der Waals surface area contributed by atoms with Crippen molar-refractivity contribution in [2.75, 3.05) is 0 Å². The van der Waals surface area contributed by atoms with Gasteiger partial charge in [0.25, 0.3) is 0 Å². The Morgan fingerprint density at radius 3 is 2.69 bits per heavy atom. The van der Waals surface area contributed by atoms with Gasteiger partial charge in [0.2, 0.25) is 0 Å². The Morgan fingerprint density at radius 1 is 1.54 bits per heavy atom. The molecular formula is C8H17N3OSi. The van der Waals surface area contributed by atoms with E-state index in [0.29, 0.717) is 0 Å². The topological polar surface area (TPSA) is 50.8 Å². The number of hydrogen-bond acceptors (Lipinski definition) is 3. The summed E-state index contributed by atoms with van der Waals surface area (Å²) in [7, 11) is -1.42.